The highest BCUT2D eigenvalue weighted by molar-refractivity contribution is 6.74. The molecule has 5 atom stereocenters. The molecule has 7 nitrogen and oxygen atoms in total. The second-order valence-corrected chi connectivity index (χ2v) is 29.2. The molecule has 410 valence electrons. The van der Waals surface area contributed by atoms with Crippen LogP contribution < -0.4 is 14.1 Å². The van der Waals surface area contributed by atoms with Crippen molar-refractivity contribution in [3.8, 4) is 78.7 Å². The molecule has 0 N–H and O–H groups in total. The van der Waals surface area contributed by atoms with Crippen LogP contribution in [0.3, 0.4) is 0 Å². The van der Waals surface area contributed by atoms with E-state index in [1.807, 2.05) is 24.4 Å². The number of pyridine rings is 1. The molecule has 0 radical (unpaired) electrons. The van der Waals surface area contributed by atoms with Gasteiger partial charge in [-0.2, -0.15) is 4.98 Å². The van der Waals surface area contributed by atoms with Gasteiger partial charge in [0.25, 0.3) is 8.32 Å². The first-order valence-electron chi connectivity index (χ1n) is 29.1. The minimum atomic E-state index is -2.43. The minimum absolute atomic E-state index is 0.00713. The first-order valence-corrected chi connectivity index (χ1v) is 32.0. The molecule has 0 saturated carbocycles. The number of para-hydroxylation sites is 1. The lowest BCUT2D eigenvalue weighted by Crippen LogP contribution is -2.68. The first kappa shape index (κ1) is 54.2. The number of rotatable bonds is 16. The highest BCUT2D eigenvalue weighted by Gasteiger charge is 2.55. The fraction of sp³-hybridized carbons (Fsp3) is 0.230. The van der Waals surface area contributed by atoms with E-state index < -0.39 is 14.4 Å². The molecule has 8 heteroatoms. The van der Waals surface area contributed by atoms with Crippen LogP contribution >= 0.6 is 0 Å². The normalized spacial score (nSPS) is 18.2. The summed E-state index contributed by atoms with van der Waals surface area (Å²) in [7, 11) is 1.69. The number of aromatic nitrogens is 3. The van der Waals surface area contributed by atoms with Crippen LogP contribution in [0.2, 0.25) is 18.1 Å². The maximum atomic E-state index is 8.00. The topological polar surface area (TPSA) is 60.4 Å². The molecule has 4 unspecified atom stereocenters. The Labute approximate surface area is 486 Å². The van der Waals surface area contributed by atoms with Crippen LogP contribution in [0.4, 0.5) is 5.82 Å². The zero-order valence-electron chi connectivity index (χ0n) is 48.5. The van der Waals surface area contributed by atoms with Gasteiger partial charge in [-0.05, 0) is 87.3 Å². The second kappa shape index (κ2) is 22.5. The number of hydrogen-bond acceptors (Lipinski definition) is 6. The molecule has 8 aromatic carbocycles. The summed E-state index contributed by atoms with van der Waals surface area (Å²) in [6.45, 7) is 19.0. The highest BCUT2D eigenvalue weighted by atomic mass is 28.4. The van der Waals surface area contributed by atoms with E-state index in [1.165, 1.54) is 27.8 Å². The number of hydrogen-bond donors (Lipinski definition) is 0. The number of piperidine rings is 3. The van der Waals surface area contributed by atoms with Gasteiger partial charge in [0.2, 0.25) is 5.88 Å². The molecular weight excluding hydrogens is 1020 g/mol. The Bertz CT molecular complexity index is 3760. The smallest absolute Gasteiger partial charge is 0.250 e. The molecule has 0 spiro atoms. The molecule has 3 saturated heterocycles. The van der Waals surface area contributed by atoms with Gasteiger partial charge in [0.15, 0.2) is 11.9 Å². The summed E-state index contributed by atoms with van der Waals surface area (Å²) >= 11 is 0. The fourth-order valence-corrected chi connectivity index (χ4v) is 13.7. The molecule has 3 aliphatic rings. The third-order valence-corrected chi connectivity index (χ3v) is 22.4. The monoisotopic (exact) mass is 1090 g/mol. The van der Waals surface area contributed by atoms with Crippen LogP contribution in [0.25, 0.3) is 77.9 Å². The second-order valence-electron chi connectivity index (χ2n) is 24.4. The van der Waals surface area contributed by atoms with Crippen LogP contribution in [0, 0.1) is 11.8 Å². The predicted octanol–water partition coefficient (Wildman–Crippen LogP) is 18.2. The zero-order valence-corrected chi connectivity index (χ0v) is 49.5. The Morgan fingerprint density at radius 3 is 1.70 bits per heavy atom. The Balaban J connectivity index is 1.07. The number of benzene rings is 8. The summed E-state index contributed by atoms with van der Waals surface area (Å²) in [4.78, 5) is 17.8. The lowest BCUT2D eigenvalue weighted by molar-refractivity contribution is -0.984. The van der Waals surface area contributed by atoms with Gasteiger partial charge in [0, 0.05) is 72.3 Å². The molecule has 2 aromatic heterocycles. The Morgan fingerprint density at radius 2 is 1.15 bits per heavy atom. The summed E-state index contributed by atoms with van der Waals surface area (Å²) in [6.07, 6.45) is 5.81. The average molecular weight is 1090 g/mol. The van der Waals surface area contributed by atoms with E-state index in [9.17, 15) is 0 Å². The van der Waals surface area contributed by atoms with E-state index in [4.69, 9.17) is 24.1 Å². The molecule has 13 rings (SSSR count). The number of quaternary nitrogens is 1. The third kappa shape index (κ3) is 10.7. The van der Waals surface area contributed by atoms with Gasteiger partial charge in [-0.15, -0.1) is 6.58 Å². The maximum Gasteiger partial charge on any atom is 0.250 e. The lowest BCUT2D eigenvalue weighted by atomic mass is 9.71. The van der Waals surface area contributed by atoms with E-state index in [2.05, 4.69) is 260 Å². The van der Waals surface area contributed by atoms with Crippen molar-refractivity contribution in [3.63, 3.8) is 0 Å². The SMILES string of the molecule is C=CC1C[N+]2(Cc3cc(-c4ccc(-c5ccccc5)cc4)c(O[Si](C)(C)C(C)(C)C)c(-c4ccc(-c5ccccc5)cc4)c3)CCC1CC2[C@@H](Oc1nc(-c2ccccc2)nc(N(C)C)c1-c1ccccc1)c1ccnc2ccccc12. The van der Waals surface area contributed by atoms with E-state index in [-0.39, 0.29) is 11.1 Å². The Hall–Kier alpha value is -8.43. The quantitative estimate of drug-likeness (QED) is 0.0546. The highest BCUT2D eigenvalue weighted by Crippen LogP contribution is 2.52. The number of fused-ring (bicyclic) bond motifs is 4. The molecule has 82 heavy (non-hydrogen) atoms. The van der Waals surface area contributed by atoms with Crippen molar-refractivity contribution in [1.82, 2.24) is 15.0 Å². The van der Waals surface area contributed by atoms with Gasteiger partial charge in [0.1, 0.15) is 24.2 Å². The van der Waals surface area contributed by atoms with Gasteiger partial charge in [-0.1, -0.05) is 215 Å². The van der Waals surface area contributed by atoms with Gasteiger partial charge >= 0.3 is 0 Å². The summed E-state index contributed by atoms with van der Waals surface area (Å²) < 4.78 is 16.5. The summed E-state index contributed by atoms with van der Waals surface area (Å²) in [5.41, 5.74) is 15.3. The van der Waals surface area contributed by atoms with Crippen LogP contribution in [0.5, 0.6) is 11.6 Å². The molecule has 0 amide bonds. The lowest BCUT2D eigenvalue weighted by Gasteiger charge is -2.58. The number of ether oxygens (including phenoxy) is 1. The zero-order chi connectivity index (χ0) is 56.6. The van der Waals surface area contributed by atoms with Crippen molar-refractivity contribution in [2.75, 3.05) is 32.1 Å². The van der Waals surface area contributed by atoms with Crippen molar-refractivity contribution < 1.29 is 13.6 Å². The van der Waals surface area contributed by atoms with Crippen molar-refractivity contribution in [2.24, 2.45) is 11.8 Å². The third-order valence-electron chi connectivity index (χ3n) is 18.0. The van der Waals surface area contributed by atoms with Crippen LogP contribution in [-0.4, -0.2) is 61.0 Å². The van der Waals surface area contributed by atoms with Crippen molar-refractivity contribution in [3.05, 3.63) is 242 Å². The van der Waals surface area contributed by atoms with Crippen molar-refractivity contribution in [1.29, 1.82) is 0 Å². The van der Waals surface area contributed by atoms with E-state index in [0.29, 0.717) is 23.5 Å². The first-order chi connectivity index (χ1) is 39.8. The molecule has 5 heterocycles. The standard InChI is InChI=1S/C74H74N5O2Si/c1-9-52-50-79(49-51-46-64(57-38-34-55(35-39-57)53-24-14-10-15-25-53)69(81-82(7,8)74(2,3)4)65(47-51)58-40-36-56(37-41-58)54-26-16-11-17-27-54)45-43-61(52)48-67(79)70(63-42-44-75-66-33-23-22-32-62(63)66)80-73-68(59-28-18-12-19-29-59)72(78(5)6)76-71(77-73)60-30-20-13-21-31-60/h9-42,44,46-47,52,61,67,70H,1,43,45,48-50H2,2-8H3/q+1/t52?,61?,67?,70-,79?/m0/s1. The fourth-order valence-electron chi connectivity index (χ4n) is 12.6. The van der Waals surface area contributed by atoms with Gasteiger partial charge in [-0.3, -0.25) is 4.98 Å². The van der Waals surface area contributed by atoms with Crippen molar-refractivity contribution >= 4 is 25.0 Å². The molecule has 3 aliphatic heterocycles. The van der Waals surface area contributed by atoms with Crippen molar-refractivity contribution in [2.45, 2.75) is 70.4 Å². The molecule has 2 bridgehead atoms. The molecule has 0 aliphatic carbocycles. The van der Waals surface area contributed by atoms with Crippen LogP contribution in [0.15, 0.2) is 231 Å². The largest absolute Gasteiger partial charge is 0.543 e. The molecule has 3 fully saturated rings. The van der Waals surface area contributed by atoms with Crippen LogP contribution in [-0.2, 0) is 6.54 Å². The van der Waals surface area contributed by atoms with Crippen LogP contribution in [0.1, 0.15) is 50.8 Å². The van der Waals surface area contributed by atoms with E-state index in [0.717, 1.165) is 104 Å². The van der Waals surface area contributed by atoms with E-state index >= 15 is 0 Å². The average Bonchev–Trinajstić information content (AvgIpc) is 1.57. The molecular formula is C74H74N5O2Si+. The Morgan fingerprint density at radius 1 is 0.634 bits per heavy atom. The molecule has 10 aromatic rings. The summed E-state index contributed by atoms with van der Waals surface area (Å²) in [5, 5.41) is 1.03. The minimum Gasteiger partial charge on any atom is -0.543 e. The predicted molar refractivity (Wildman–Crippen MR) is 342 cm³/mol. The van der Waals surface area contributed by atoms with Gasteiger partial charge in [-0.25, -0.2) is 4.98 Å². The number of anilines is 1. The maximum absolute atomic E-state index is 8.00. The van der Waals surface area contributed by atoms with Gasteiger partial charge < -0.3 is 18.5 Å². The Kier molecular flexibility index (Phi) is 14.9. The summed E-state index contributed by atoms with van der Waals surface area (Å²) in [6, 6.07) is 76.1. The van der Waals surface area contributed by atoms with Gasteiger partial charge in [0.05, 0.1) is 24.2 Å². The van der Waals surface area contributed by atoms with E-state index in [1.54, 1.807) is 0 Å². The number of nitrogens with zero attached hydrogens (tertiary/aromatic N) is 5. The summed E-state index contributed by atoms with van der Waals surface area (Å²) in [5.74, 6) is 3.69.